The van der Waals surface area contributed by atoms with Crippen LogP contribution in [0.5, 0.6) is 0 Å². The van der Waals surface area contributed by atoms with Gasteiger partial charge in [-0.25, -0.2) is 0 Å². The fourth-order valence-electron chi connectivity index (χ4n) is 6.48. The first-order valence-corrected chi connectivity index (χ1v) is 22.6. The molecule has 2 unspecified atom stereocenters. The summed E-state index contributed by atoms with van der Waals surface area (Å²) in [6, 6.07) is 0.0906. The molecule has 0 aromatic heterocycles. The van der Waals surface area contributed by atoms with Crippen LogP contribution in [0.15, 0.2) is 29.3 Å². The maximum Gasteiger partial charge on any atom is 0.394 e. The van der Waals surface area contributed by atoms with Crippen molar-refractivity contribution in [2.24, 2.45) is 4.99 Å². The molecule has 1 aliphatic rings. The fourth-order valence-corrected chi connectivity index (χ4v) is 6.48. The van der Waals surface area contributed by atoms with Crippen molar-refractivity contribution in [3.05, 3.63) is 24.3 Å². The van der Waals surface area contributed by atoms with Gasteiger partial charge in [0.25, 0.3) is 0 Å². The Morgan fingerprint density at radius 2 is 1.02 bits per heavy atom. The van der Waals surface area contributed by atoms with Crippen molar-refractivity contribution >= 4 is 27.9 Å². The van der Waals surface area contributed by atoms with Crippen LogP contribution in [0.2, 0.25) is 0 Å². The van der Waals surface area contributed by atoms with Gasteiger partial charge >= 0.3 is 10.4 Å². The van der Waals surface area contributed by atoms with Crippen molar-refractivity contribution in [3.8, 4) is 0 Å². The Kier molecular flexibility index (Phi) is 36.9. The maximum absolute atomic E-state index is 13.1. The molecule has 1 rings (SSSR count). The SMILES string of the molecule is CCCCCCCC/C=C\CCCCCCCC(=O)NC(C)N1CC(C)N=C1C(=O)CCCCCCC/C=C\CCCCCCCC.N.O=S(=O)(O)O. The van der Waals surface area contributed by atoms with E-state index < -0.39 is 10.4 Å². The van der Waals surface area contributed by atoms with Gasteiger partial charge in [-0.15, -0.1) is 0 Å². The number of carbonyl (C=O) groups is 2. The lowest BCUT2D eigenvalue weighted by Crippen LogP contribution is -2.50. The molecule has 1 aliphatic heterocycles. The molecule has 0 aliphatic carbocycles. The molecule has 312 valence electrons. The molecule has 6 N–H and O–H groups in total. The van der Waals surface area contributed by atoms with Gasteiger partial charge in [0, 0.05) is 19.4 Å². The van der Waals surface area contributed by atoms with Crippen molar-refractivity contribution in [2.45, 2.75) is 220 Å². The minimum atomic E-state index is -4.67. The summed E-state index contributed by atoms with van der Waals surface area (Å²) in [5.41, 5.74) is 0. The summed E-state index contributed by atoms with van der Waals surface area (Å²) >= 11 is 0. The van der Waals surface area contributed by atoms with Gasteiger partial charge in [0.1, 0.15) is 0 Å². The van der Waals surface area contributed by atoms with Gasteiger partial charge in [-0.1, -0.05) is 141 Å². The Balaban J connectivity index is 0. The van der Waals surface area contributed by atoms with E-state index in [4.69, 9.17) is 17.5 Å². The third-order valence-electron chi connectivity index (χ3n) is 9.49. The van der Waals surface area contributed by atoms with Crippen LogP contribution in [0, 0.1) is 0 Å². The number of nitrogens with zero attached hydrogens (tertiary/aromatic N) is 2. The van der Waals surface area contributed by atoms with Gasteiger partial charge in [-0.2, -0.15) is 8.42 Å². The van der Waals surface area contributed by atoms with Gasteiger partial charge in [-0.3, -0.25) is 23.7 Å². The Hall–Kier alpha value is -2.08. The minimum absolute atomic E-state index is 0. The molecule has 0 spiro atoms. The highest BCUT2D eigenvalue weighted by atomic mass is 32.3. The monoisotopic (exact) mass is 771 g/mol. The van der Waals surface area contributed by atoms with Gasteiger partial charge in [0.15, 0.2) is 11.6 Å². The van der Waals surface area contributed by atoms with Crippen LogP contribution in [0.1, 0.15) is 207 Å². The van der Waals surface area contributed by atoms with Gasteiger partial charge in [0.2, 0.25) is 5.91 Å². The number of allylic oxidation sites excluding steroid dienone is 4. The van der Waals surface area contributed by atoms with Crippen LogP contribution < -0.4 is 11.5 Å². The number of ketones is 1. The molecule has 0 radical (unpaired) electrons. The highest BCUT2D eigenvalue weighted by molar-refractivity contribution is 7.79. The predicted molar refractivity (Wildman–Crippen MR) is 224 cm³/mol. The average molecular weight is 771 g/mol. The summed E-state index contributed by atoms with van der Waals surface area (Å²) in [5, 5.41) is 3.14. The summed E-state index contributed by atoms with van der Waals surface area (Å²) in [6.45, 7) is 9.28. The number of hydrogen-bond acceptors (Lipinski definition) is 7. The minimum Gasteiger partial charge on any atom is -0.344 e. The number of amides is 1. The van der Waals surface area contributed by atoms with E-state index in [1.807, 2.05) is 11.8 Å². The number of hydrogen-bond donors (Lipinski definition) is 4. The number of aliphatic imine (C=N–C) groups is 1. The summed E-state index contributed by atoms with van der Waals surface area (Å²) in [5.74, 6) is 0.783. The fraction of sp³-hybridized carbons (Fsp3) is 0.833. The zero-order valence-corrected chi connectivity index (χ0v) is 35.3. The number of nitrogens with one attached hydrogen (secondary N) is 1. The second kappa shape index (κ2) is 36.9. The molecule has 0 fully saturated rings. The zero-order chi connectivity index (χ0) is 38.7. The van der Waals surface area contributed by atoms with Crippen molar-refractivity contribution < 1.29 is 27.1 Å². The second-order valence-electron chi connectivity index (χ2n) is 14.7. The van der Waals surface area contributed by atoms with Crippen LogP contribution in [0.3, 0.4) is 0 Å². The Bertz CT molecular complexity index is 1070. The first-order valence-electron chi connectivity index (χ1n) is 21.2. The molecule has 10 nitrogen and oxygen atoms in total. The molecule has 0 aromatic carbocycles. The van der Waals surface area contributed by atoms with E-state index in [9.17, 15) is 9.59 Å². The van der Waals surface area contributed by atoms with E-state index >= 15 is 0 Å². The smallest absolute Gasteiger partial charge is 0.344 e. The Morgan fingerprint density at radius 3 is 1.42 bits per heavy atom. The van der Waals surface area contributed by atoms with Gasteiger partial charge in [-0.05, 0) is 78.1 Å². The van der Waals surface area contributed by atoms with Crippen molar-refractivity contribution in [3.63, 3.8) is 0 Å². The number of unbranched alkanes of at least 4 members (excludes halogenated alkanes) is 22. The molecule has 1 amide bonds. The lowest BCUT2D eigenvalue weighted by molar-refractivity contribution is -0.123. The van der Waals surface area contributed by atoms with Crippen LogP contribution in [0.4, 0.5) is 0 Å². The lowest BCUT2D eigenvalue weighted by Gasteiger charge is -2.28. The van der Waals surface area contributed by atoms with Crippen LogP contribution >= 0.6 is 0 Å². The summed E-state index contributed by atoms with van der Waals surface area (Å²) < 4.78 is 31.6. The molecule has 0 saturated heterocycles. The van der Waals surface area contributed by atoms with Crippen molar-refractivity contribution in [2.75, 3.05) is 6.54 Å². The van der Waals surface area contributed by atoms with E-state index in [-0.39, 0.29) is 30.0 Å². The molecule has 0 aromatic rings. The van der Waals surface area contributed by atoms with Crippen molar-refractivity contribution in [1.82, 2.24) is 16.4 Å². The summed E-state index contributed by atoms with van der Waals surface area (Å²) in [7, 11) is -4.67. The van der Waals surface area contributed by atoms with Crippen molar-refractivity contribution in [1.29, 1.82) is 0 Å². The van der Waals surface area contributed by atoms with E-state index in [2.05, 4.69) is 55.4 Å². The molecule has 0 saturated carbocycles. The van der Waals surface area contributed by atoms with Gasteiger partial charge < -0.3 is 16.4 Å². The largest absolute Gasteiger partial charge is 0.394 e. The Labute approximate surface area is 326 Å². The third kappa shape index (κ3) is 36.7. The molecule has 1 heterocycles. The number of amidine groups is 1. The molecule has 2 atom stereocenters. The molecule has 53 heavy (non-hydrogen) atoms. The van der Waals surface area contributed by atoms with Crippen LogP contribution in [-0.2, 0) is 20.0 Å². The predicted octanol–water partition coefficient (Wildman–Crippen LogP) is 11.7. The average Bonchev–Trinajstić information content (AvgIpc) is 3.49. The lowest BCUT2D eigenvalue weighted by atomic mass is 10.1. The van der Waals surface area contributed by atoms with E-state index in [0.29, 0.717) is 25.2 Å². The number of Topliss-reactive ketones (excluding diaryl/α,β-unsaturated/α-hetero) is 1. The van der Waals surface area contributed by atoms with Gasteiger partial charge in [0.05, 0.1) is 12.2 Å². The van der Waals surface area contributed by atoms with E-state index in [1.165, 1.54) is 141 Å². The summed E-state index contributed by atoms with van der Waals surface area (Å²) in [4.78, 5) is 32.4. The van der Waals surface area contributed by atoms with Crippen LogP contribution in [-0.4, -0.2) is 58.7 Å². The van der Waals surface area contributed by atoms with Crippen LogP contribution in [0.25, 0.3) is 0 Å². The Morgan fingerprint density at radius 1 is 0.679 bits per heavy atom. The van der Waals surface area contributed by atoms with E-state index in [1.54, 1.807) is 0 Å². The topological polar surface area (TPSA) is 171 Å². The van der Waals surface area contributed by atoms with E-state index in [0.717, 1.165) is 25.7 Å². The highest BCUT2D eigenvalue weighted by Crippen LogP contribution is 2.17. The molecular formula is C42H82N4O6S. The maximum atomic E-state index is 13.1. The molecular weight excluding hydrogens is 689 g/mol. The first-order chi connectivity index (χ1) is 25.0. The second-order valence-corrected chi connectivity index (χ2v) is 15.6. The third-order valence-corrected chi connectivity index (χ3v) is 9.49. The first kappa shape index (κ1) is 53.0. The number of carbonyl (C=O) groups excluding carboxylic acids is 2. The molecule has 11 heteroatoms. The standard InChI is InChI=1S/C42H77N3O2.H3N.H2O4S/c1-5-7-9-11-13-15-17-19-21-23-25-27-29-31-33-35-40(46)42-43-38(3)37-45(42)39(4)44-41(47)36-34-32-30-28-26-24-22-20-18-16-14-12-10-8-6-2;;1-5(2,3)4/h19-22,38-39H,5-18,23-37H2,1-4H3,(H,44,47);1H3;(H2,1,2,3,4)/b21-19-,22-20-;;. The summed E-state index contributed by atoms with van der Waals surface area (Å²) in [6.07, 6.45) is 43.0. The highest BCUT2D eigenvalue weighted by Gasteiger charge is 2.31. The normalized spacial score (nSPS) is 14.9. The number of rotatable bonds is 33. The zero-order valence-electron chi connectivity index (χ0n) is 34.5. The quantitative estimate of drug-likeness (QED) is 0.0290. The molecule has 0 bridgehead atoms.